The molecule has 0 heterocycles. The second-order valence-corrected chi connectivity index (χ2v) is 4.74. The van der Waals surface area contributed by atoms with Gasteiger partial charge in [0, 0.05) is 12.2 Å². The van der Waals surface area contributed by atoms with E-state index >= 15 is 0 Å². The molecule has 0 spiro atoms. The largest absolute Gasteiger partial charge is 0.463 e. The molecule has 0 aromatic carbocycles. The molecule has 0 saturated heterocycles. The minimum Gasteiger partial charge on any atom is -0.463 e. The van der Waals surface area contributed by atoms with Gasteiger partial charge in [0.15, 0.2) is 0 Å². The van der Waals surface area contributed by atoms with Gasteiger partial charge < -0.3 is 9.47 Å². The average Bonchev–Trinajstić information content (AvgIpc) is 2.36. The molecule has 18 heavy (non-hydrogen) atoms. The second-order valence-electron chi connectivity index (χ2n) is 4.74. The van der Waals surface area contributed by atoms with Crippen molar-refractivity contribution in [2.75, 3.05) is 6.61 Å². The van der Waals surface area contributed by atoms with Crippen LogP contribution in [0.3, 0.4) is 0 Å². The van der Waals surface area contributed by atoms with Crippen LogP contribution in [0.5, 0.6) is 0 Å². The van der Waals surface area contributed by atoms with Gasteiger partial charge in [0.1, 0.15) is 6.10 Å². The fraction of sp³-hybridized carbons (Fsp3) is 0.714. The molecule has 102 valence electrons. The molecule has 2 atom stereocenters. The lowest BCUT2D eigenvalue weighted by Crippen LogP contribution is -2.27. The van der Waals surface area contributed by atoms with Crippen LogP contribution in [0.1, 0.15) is 46.0 Å². The van der Waals surface area contributed by atoms with E-state index in [1.165, 1.54) is 6.42 Å². The van der Waals surface area contributed by atoms with Gasteiger partial charge in [-0.3, -0.25) is 0 Å². The first-order valence-corrected chi connectivity index (χ1v) is 6.69. The molecule has 0 aromatic rings. The minimum absolute atomic E-state index is 0.0115. The summed E-state index contributed by atoms with van der Waals surface area (Å²) in [6.07, 6.45) is 7.36. The first-order valence-electron chi connectivity index (χ1n) is 6.69. The number of ether oxygens (including phenoxy) is 2. The quantitative estimate of drug-likeness (QED) is 0.559. The Morgan fingerprint density at radius 3 is 2.50 bits per heavy atom. The molecule has 0 N–H and O–H groups in total. The minimum atomic E-state index is -0.495. The zero-order chi connectivity index (χ0) is 13.4. The summed E-state index contributed by atoms with van der Waals surface area (Å²) in [6.45, 7) is 4.38. The Morgan fingerprint density at radius 2 is 1.83 bits per heavy atom. The zero-order valence-corrected chi connectivity index (χ0v) is 11.2. The van der Waals surface area contributed by atoms with Crippen LogP contribution >= 0.6 is 0 Å². The number of hydrogen-bond acceptors (Lipinski definition) is 4. The number of rotatable bonds is 5. The van der Waals surface area contributed by atoms with Crippen LogP contribution in [0.2, 0.25) is 0 Å². The highest BCUT2D eigenvalue weighted by Crippen LogP contribution is 2.26. The fourth-order valence-corrected chi connectivity index (χ4v) is 2.03. The summed E-state index contributed by atoms with van der Waals surface area (Å²) in [6, 6.07) is 0. The first kappa shape index (κ1) is 14.7. The third-order valence-electron chi connectivity index (χ3n) is 3.10. The van der Waals surface area contributed by atoms with Gasteiger partial charge in [-0.2, -0.15) is 0 Å². The molecule has 1 saturated carbocycles. The van der Waals surface area contributed by atoms with Crippen molar-refractivity contribution in [3.63, 3.8) is 0 Å². The molecule has 0 radical (unpaired) electrons. The Balaban J connectivity index is 2.31. The van der Waals surface area contributed by atoms with E-state index in [0.717, 1.165) is 37.8 Å². The highest BCUT2D eigenvalue weighted by Gasteiger charge is 2.23. The average molecular weight is 254 g/mol. The predicted octanol–water partition coefficient (Wildman–Crippen LogP) is 2.62. The van der Waals surface area contributed by atoms with Crippen LogP contribution in [0.25, 0.3) is 0 Å². The SMILES string of the molecule is CCCOC(=O)/C=C/C(=O)OC1CCCCC1C. The third-order valence-corrected chi connectivity index (χ3v) is 3.10. The van der Waals surface area contributed by atoms with Gasteiger partial charge in [0.05, 0.1) is 6.61 Å². The van der Waals surface area contributed by atoms with Crippen LogP contribution in [0, 0.1) is 5.92 Å². The summed E-state index contributed by atoms with van der Waals surface area (Å²) in [7, 11) is 0. The molecular weight excluding hydrogens is 232 g/mol. The maximum absolute atomic E-state index is 11.5. The van der Waals surface area contributed by atoms with Gasteiger partial charge in [-0.25, -0.2) is 9.59 Å². The van der Waals surface area contributed by atoms with Crippen molar-refractivity contribution in [2.24, 2.45) is 5.92 Å². The Kier molecular flexibility index (Phi) is 6.47. The van der Waals surface area contributed by atoms with E-state index in [9.17, 15) is 9.59 Å². The summed E-state index contributed by atoms with van der Waals surface area (Å²) in [5, 5.41) is 0. The van der Waals surface area contributed by atoms with Crippen LogP contribution in [0.4, 0.5) is 0 Å². The number of carbonyl (C=O) groups excluding carboxylic acids is 2. The standard InChI is InChI=1S/C14H22O4/c1-3-10-17-13(15)8-9-14(16)18-12-7-5-4-6-11(12)2/h8-9,11-12H,3-7,10H2,1-2H3/b9-8+. The zero-order valence-electron chi connectivity index (χ0n) is 11.2. The second kappa shape index (κ2) is 7.90. The topological polar surface area (TPSA) is 52.6 Å². The van der Waals surface area contributed by atoms with Gasteiger partial charge in [-0.05, 0) is 31.6 Å². The summed E-state index contributed by atoms with van der Waals surface area (Å²) >= 11 is 0. The van der Waals surface area contributed by atoms with Gasteiger partial charge >= 0.3 is 11.9 Å². The maximum Gasteiger partial charge on any atom is 0.331 e. The van der Waals surface area contributed by atoms with Crippen molar-refractivity contribution in [3.8, 4) is 0 Å². The molecule has 2 unspecified atom stereocenters. The summed E-state index contributed by atoms with van der Waals surface area (Å²) < 4.78 is 10.1. The van der Waals surface area contributed by atoms with E-state index in [1.807, 2.05) is 6.92 Å². The Hall–Kier alpha value is -1.32. The normalized spacial score (nSPS) is 23.9. The fourth-order valence-electron chi connectivity index (χ4n) is 2.03. The molecule has 1 aliphatic carbocycles. The molecule has 0 aliphatic heterocycles. The van der Waals surface area contributed by atoms with E-state index in [0.29, 0.717) is 12.5 Å². The van der Waals surface area contributed by atoms with E-state index in [1.54, 1.807) is 0 Å². The molecule has 4 heteroatoms. The van der Waals surface area contributed by atoms with Gasteiger partial charge in [-0.15, -0.1) is 0 Å². The van der Waals surface area contributed by atoms with E-state index in [2.05, 4.69) is 6.92 Å². The molecule has 0 aromatic heterocycles. The van der Waals surface area contributed by atoms with Crippen LogP contribution < -0.4 is 0 Å². The molecule has 1 fully saturated rings. The smallest absolute Gasteiger partial charge is 0.331 e. The van der Waals surface area contributed by atoms with Crippen molar-refractivity contribution in [2.45, 2.75) is 52.1 Å². The maximum atomic E-state index is 11.5. The lowest BCUT2D eigenvalue weighted by molar-refractivity contribution is -0.147. The Morgan fingerprint density at radius 1 is 1.17 bits per heavy atom. The van der Waals surface area contributed by atoms with E-state index in [4.69, 9.17) is 9.47 Å². The molecule has 1 aliphatic rings. The van der Waals surface area contributed by atoms with E-state index in [-0.39, 0.29) is 6.10 Å². The van der Waals surface area contributed by atoms with Crippen molar-refractivity contribution in [1.29, 1.82) is 0 Å². The van der Waals surface area contributed by atoms with Crippen LogP contribution in [-0.4, -0.2) is 24.6 Å². The van der Waals surface area contributed by atoms with Crippen LogP contribution in [-0.2, 0) is 19.1 Å². The molecular formula is C14H22O4. The monoisotopic (exact) mass is 254 g/mol. The number of hydrogen-bond donors (Lipinski definition) is 0. The van der Waals surface area contributed by atoms with Crippen molar-refractivity contribution in [1.82, 2.24) is 0 Å². The lowest BCUT2D eigenvalue weighted by Gasteiger charge is -2.27. The third kappa shape index (κ3) is 5.34. The van der Waals surface area contributed by atoms with Gasteiger partial charge in [-0.1, -0.05) is 20.3 Å². The summed E-state index contributed by atoms with van der Waals surface area (Å²) in [5.74, 6) is -0.546. The lowest BCUT2D eigenvalue weighted by atomic mass is 9.88. The first-order chi connectivity index (χ1) is 8.63. The van der Waals surface area contributed by atoms with Crippen molar-refractivity contribution in [3.05, 3.63) is 12.2 Å². The molecule has 4 nitrogen and oxygen atoms in total. The molecule has 1 rings (SSSR count). The Bertz CT molecular complexity index is 309. The summed E-state index contributed by atoms with van der Waals surface area (Å²) in [4.78, 5) is 22.7. The molecule has 0 bridgehead atoms. The van der Waals surface area contributed by atoms with Crippen LogP contribution in [0.15, 0.2) is 12.2 Å². The van der Waals surface area contributed by atoms with E-state index < -0.39 is 11.9 Å². The number of carbonyl (C=O) groups is 2. The van der Waals surface area contributed by atoms with Gasteiger partial charge in [0.2, 0.25) is 0 Å². The predicted molar refractivity (Wildman–Crippen MR) is 67.9 cm³/mol. The molecule has 0 amide bonds. The van der Waals surface area contributed by atoms with Gasteiger partial charge in [0.25, 0.3) is 0 Å². The van der Waals surface area contributed by atoms with Crippen molar-refractivity contribution >= 4 is 11.9 Å². The summed E-state index contributed by atoms with van der Waals surface area (Å²) in [5.41, 5.74) is 0. The Labute approximate surface area is 108 Å². The highest BCUT2D eigenvalue weighted by atomic mass is 16.5. The highest BCUT2D eigenvalue weighted by molar-refractivity contribution is 5.91. The number of esters is 2. The van der Waals surface area contributed by atoms with Crippen molar-refractivity contribution < 1.29 is 19.1 Å².